The highest BCUT2D eigenvalue weighted by molar-refractivity contribution is 6.30. The van der Waals surface area contributed by atoms with Gasteiger partial charge in [0.25, 0.3) is 0 Å². The van der Waals surface area contributed by atoms with E-state index in [1.807, 2.05) is 30.3 Å². The summed E-state index contributed by atoms with van der Waals surface area (Å²) in [6, 6.07) is 35.5. The predicted molar refractivity (Wildman–Crippen MR) is 348 cm³/mol. The van der Waals surface area contributed by atoms with Crippen LogP contribution < -0.4 is 9.80 Å². The van der Waals surface area contributed by atoms with Gasteiger partial charge in [0.15, 0.2) is 5.78 Å². The molecule has 0 aliphatic carbocycles. The van der Waals surface area contributed by atoms with Crippen molar-refractivity contribution in [3.8, 4) is 46.4 Å². The molecule has 83 heavy (non-hydrogen) atoms. The molecular formula is C70H103ClN10O2. The summed E-state index contributed by atoms with van der Waals surface area (Å²) < 4.78 is 5.89. The predicted octanol–water partition coefficient (Wildman–Crippen LogP) is 20.2. The highest BCUT2D eigenvalue weighted by atomic mass is 35.5. The van der Waals surface area contributed by atoms with Gasteiger partial charge in [-0.15, -0.1) is 32.0 Å². The Morgan fingerprint density at radius 2 is 0.819 bits per heavy atom. The summed E-state index contributed by atoms with van der Waals surface area (Å²) in [5.41, 5.74) is 6.83. The van der Waals surface area contributed by atoms with Crippen LogP contribution in [0, 0.1) is 22.7 Å². The fourth-order valence-electron chi connectivity index (χ4n) is 10.1. The molecule has 0 fully saturated rings. The van der Waals surface area contributed by atoms with Gasteiger partial charge in [0.2, 0.25) is 17.6 Å². The molecule has 2 unspecified atom stereocenters. The number of nitrogens with zero attached hydrogens (tertiary/aromatic N) is 9. The second-order valence-electron chi connectivity index (χ2n) is 22.4. The van der Waals surface area contributed by atoms with Gasteiger partial charge in [0.05, 0.1) is 29.1 Å². The molecule has 0 spiro atoms. The van der Waals surface area contributed by atoms with Crippen molar-refractivity contribution in [3.05, 3.63) is 114 Å². The molecule has 0 amide bonds. The maximum absolute atomic E-state index is 11.0. The number of hydrogen-bond acceptors (Lipinski definition) is 11. The maximum atomic E-state index is 11.0. The summed E-state index contributed by atoms with van der Waals surface area (Å²) in [6.07, 6.45) is 41.9. The lowest BCUT2D eigenvalue weighted by Crippen LogP contribution is -2.28. The lowest BCUT2D eigenvalue weighted by Gasteiger charge is -2.27. The van der Waals surface area contributed by atoms with Crippen LogP contribution in [0.15, 0.2) is 101 Å². The van der Waals surface area contributed by atoms with Crippen molar-refractivity contribution in [1.82, 2.24) is 30.8 Å². The lowest BCUT2D eigenvalue weighted by molar-refractivity contribution is 0.102. The van der Waals surface area contributed by atoms with Gasteiger partial charge in [-0.1, -0.05) is 213 Å². The number of hydrogen-bond donors (Lipinski definition) is 1. The van der Waals surface area contributed by atoms with Crippen molar-refractivity contribution in [2.45, 2.75) is 240 Å². The van der Waals surface area contributed by atoms with Gasteiger partial charge in [-0.3, -0.25) is 4.79 Å². The van der Waals surface area contributed by atoms with Gasteiger partial charge in [0.1, 0.15) is 0 Å². The molecule has 6 aromatic rings. The van der Waals surface area contributed by atoms with Crippen molar-refractivity contribution in [2.24, 2.45) is 0 Å². The average Bonchev–Trinajstić information content (AvgIpc) is 4.47. The maximum Gasteiger partial charge on any atom is 0.248 e. The summed E-state index contributed by atoms with van der Waals surface area (Å²) in [4.78, 5) is 15.7. The molecule has 2 atom stereocenters. The highest BCUT2D eigenvalue weighted by Gasteiger charge is 2.15. The lowest BCUT2D eigenvalue weighted by atomic mass is 10.0. The smallest absolute Gasteiger partial charge is 0.248 e. The normalized spacial score (nSPS) is 11.4. The number of carbonyl (C=O) groups is 1. The minimum absolute atomic E-state index is 0. The third-order valence-corrected chi connectivity index (χ3v) is 16.1. The Morgan fingerprint density at radius 1 is 0.494 bits per heavy atom. The van der Waals surface area contributed by atoms with Gasteiger partial charge in [-0.05, 0) is 117 Å². The van der Waals surface area contributed by atoms with Crippen LogP contribution in [0.4, 0.5) is 11.4 Å². The van der Waals surface area contributed by atoms with Crippen LogP contribution >= 0.6 is 11.6 Å². The molecular weight excluding hydrogens is 1050 g/mol. The number of nitrogens with one attached hydrogen (secondary N) is 1. The van der Waals surface area contributed by atoms with Gasteiger partial charge in [0, 0.05) is 59.8 Å². The molecule has 4 aromatic carbocycles. The number of aromatic amines is 1. The number of unbranched alkanes of at least 4 members (excludes halogenated alkanes) is 26. The standard InChI is InChI=1S/C34H48N4O.C26H45N5.C9H6ClNO.CH4/c1-4-5-6-7-8-9-10-11-12-13-14-15-16-17-18-28(2)38(3)32-25-23-31(24-26-32)34-37-36-33(39-34)30-21-19-29(27-35)20-22-30;1-4-5-6-7-8-9-10-11-12-13-14-15-16-17-18-23(2)31(3)25-21-19-24(20-22-25)26-27-29-30-28-26;10-5-9(12)8-3-1-7(6-11)2-4-8;/h19-26,28H,4-18H2,1-3H3;19-23H,4-18H2,1-3H3,(H,27,28,29,30);1-4H,5H2;1H4. The molecule has 0 bridgehead atoms. The molecule has 2 heterocycles. The molecule has 1 N–H and O–H groups in total. The molecule has 13 heteroatoms. The molecule has 0 saturated heterocycles. The van der Waals surface area contributed by atoms with Crippen molar-refractivity contribution >= 4 is 28.8 Å². The first-order valence-corrected chi connectivity index (χ1v) is 32.0. The first-order chi connectivity index (χ1) is 40.1. The molecule has 0 aliphatic heterocycles. The van der Waals surface area contributed by atoms with Crippen molar-refractivity contribution in [1.29, 1.82) is 10.5 Å². The highest BCUT2D eigenvalue weighted by Crippen LogP contribution is 2.28. The molecule has 0 radical (unpaired) electrons. The summed E-state index contributed by atoms with van der Waals surface area (Å²) >= 11 is 5.35. The van der Waals surface area contributed by atoms with Crippen molar-refractivity contribution in [3.63, 3.8) is 0 Å². The first kappa shape index (κ1) is 70.9. The molecule has 452 valence electrons. The number of aromatic nitrogens is 6. The Bertz CT molecular complexity index is 2620. The zero-order valence-corrected chi connectivity index (χ0v) is 51.8. The number of rotatable bonds is 39. The van der Waals surface area contributed by atoms with Gasteiger partial charge >= 0.3 is 0 Å². The fourth-order valence-corrected chi connectivity index (χ4v) is 10.2. The molecule has 0 saturated carbocycles. The third kappa shape index (κ3) is 28.6. The van der Waals surface area contributed by atoms with Crippen molar-refractivity contribution in [2.75, 3.05) is 29.8 Å². The van der Waals surface area contributed by atoms with Crippen LogP contribution in [0.5, 0.6) is 0 Å². The Hall–Kier alpha value is -6.37. The van der Waals surface area contributed by atoms with E-state index >= 15 is 0 Å². The van der Waals surface area contributed by atoms with E-state index in [-0.39, 0.29) is 19.1 Å². The molecule has 2 aromatic heterocycles. The third-order valence-electron chi connectivity index (χ3n) is 15.8. The monoisotopic (exact) mass is 1150 g/mol. The summed E-state index contributed by atoms with van der Waals surface area (Å²) in [6.45, 7) is 9.22. The van der Waals surface area contributed by atoms with Gasteiger partial charge in [-0.2, -0.15) is 15.7 Å². The van der Waals surface area contributed by atoms with E-state index in [0.29, 0.717) is 46.4 Å². The molecule has 6 rings (SSSR count). The minimum Gasteiger partial charge on any atom is -0.416 e. The summed E-state index contributed by atoms with van der Waals surface area (Å²) in [5.74, 6) is 1.45. The van der Waals surface area contributed by atoms with Crippen LogP contribution in [0.1, 0.15) is 249 Å². The van der Waals surface area contributed by atoms with Gasteiger partial charge < -0.3 is 14.2 Å². The average molecular weight is 1150 g/mol. The number of carbonyl (C=O) groups excluding carboxylic acids is 1. The Labute approximate surface area is 506 Å². The zero-order valence-electron chi connectivity index (χ0n) is 51.0. The van der Waals surface area contributed by atoms with Crippen molar-refractivity contribution < 1.29 is 9.21 Å². The zero-order chi connectivity index (χ0) is 58.8. The van der Waals surface area contributed by atoms with E-state index in [0.717, 1.165) is 16.7 Å². The topological polar surface area (TPSA) is 165 Å². The molecule has 12 nitrogen and oxygen atoms in total. The first-order valence-electron chi connectivity index (χ1n) is 31.5. The number of H-pyrrole nitrogens is 1. The minimum atomic E-state index is -0.124. The van der Waals surface area contributed by atoms with Crippen LogP contribution in [0.25, 0.3) is 34.3 Å². The van der Waals surface area contributed by atoms with E-state index in [4.69, 9.17) is 26.5 Å². The van der Waals surface area contributed by atoms with E-state index < -0.39 is 0 Å². The Morgan fingerprint density at radius 3 is 1.14 bits per heavy atom. The number of tetrazole rings is 1. The number of Topliss-reactive ketones (excluding diaryl/α,β-unsaturated/α-hetero) is 1. The number of nitriles is 2. The number of anilines is 2. The Kier molecular flexibility index (Phi) is 37.7. The van der Waals surface area contributed by atoms with Crippen LogP contribution in [-0.2, 0) is 0 Å². The second kappa shape index (κ2) is 44.2. The van der Waals surface area contributed by atoms with Crippen LogP contribution in [0.2, 0.25) is 0 Å². The van der Waals surface area contributed by atoms with E-state index in [2.05, 4.69) is 125 Å². The Balaban J connectivity index is 0.000000365. The quantitative estimate of drug-likeness (QED) is 0.0222. The fraction of sp³-hybridized carbons (Fsp3) is 0.571. The summed E-state index contributed by atoms with van der Waals surface area (Å²) in [7, 11) is 4.37. The largest absolute Gasteiger partial charge is 0.416 e. The number of ketones is 1. The van der Waals surface area contributed by atoms with Gasteiger partial charge in [-0.25, -0.2) is 0 Å². The SMILES string of the molecule is C.CCCCCCCCCCCCCCCCC(C)N(C)c1ccc(-c2nn[nH]n2)cc1.CCCCCCCCCCCCCCCCC(C)N(C)c1ccc(-c2nnc(-c3ccc(C#N)cc3)o2)cc1.N#Cc1ccc(C(=O)CCl)cc1. The number of halogens is 1. The van der Waals surface area contributed by atoms with Crippen LogP contribution in [-0.4, -0.2) is 68.7 Å². The molecule has 0 aliphatic rings. The van der Waals surface area contributed by atoms with E-state index in [9.17, 15) is 4.79 Å². The number of alkyl halides is 1. The van der Waals surface area contributed by atoms with E-state index in [1.165, 1.54) is 204 Å². The second-order valence-corrected chi connectivity index (χ2v) is 22.6. The summed E-state index contributed by atoms with van der Waals surface area (Å²) in [5, 5.41) is 40.0. The van der Waals surface area contributed by atoms with E-state index in [1.54, 1.807) is 36.4 Å². The van der Waals surface area contributed by atoms with Crippen LogP contribution in [0.3, 0.4) is 0 Å². The number of benzene rings is 4.